The summed E-state index contributed by atoms with van der Waals surface area (Å²) in [4.78, 5) is 32.2. The first-order valence-electron chi connectivity index (χ1n) is 12.8. The molecule has 1 aromatic heterocycles. The van der Waals surface area contributed by atoms with E-state index in [1.165, 1.54) is 32.2 Å². The first-order chi connectivity index (χ1) is 19.1. The summed E-state index contributed by atoms with van der Waals surface area (Å²) in [6.07, 6.45) is -1.10. The van der Waals surface area contributed by atoms with Crippen molar-refractivity contribution >= 4 is 29.3 Å². The molecule has 2 aromatic carbocycles. The summed E-state index contributed by atoms with van der Waals surface area (Å²) in [6.45, 7) is 1.47. The zero-order valence-electron chi connectivity index (χ0n) is 22.0. The molecule has 1 heterocycles. The Labute approximate surface area is 229 Å². The van der Waals surface area contributed by atoms with Gasteiger partial charge in [-0.05, 0) is 36.6 Å². The van der Waals surface area contributed by atoms with Crippen LogP contribution < -0.4 is 20.7 Å². The molecule has 1 aliphatic carbocycles. The van der Waals surface area contributed by atoms with Crippen LogP contribution in [0.3, 0.4) is 0 Å². The van der Waals surface area contributed by atoms with Crippen LogP contribution in [0.5, 0.6) is 5.75 Å². The number of nitrogens with one attached hydrogen (secondary N) is 3. The molecule has 1 aliphatic rings. The van der Waals surface area contributed by atoms with E-state index in [1.807, 2.05) is 30.3 Å². The van der Waals surface area contributed by atoms with Crippen LogP contribution in [0.4, 0.5) is 30.6 Å². The number of hydrogen-bond acceptors (Lipinski definition) is 8. The normalized spacial score (nSPS) is 17.0. The maximum atomic E-state index is 13.8. The molecule has 40 heavy (non-hydrogen) atoms. The predicted molar refractivity (Wildman–Crippen MR) is 142 cm³/mol. The Morgan fingerprint density at radius 2 is 1.77 bits per heavy atom. The molecule has 0 unspecified atom stereocenters. The number of anilines is 3. The zero-order chi connectivity index (χ0) is 28.7. The number of esters is 1. The van der Waals surface area contributed by atoms with Crippen molar-refractivity contribution < 1.29 is 32.2 Å². The number of methoxy groups -OCH3 is 1. The highest BCUT2D eigenvalue weighted by molar-refractivity contribution is 5.91. The lowest BCUT2D eigenvalue weighted by molar-refractivity contribution is -0.137. The van der Waals surface area contributed by atoms with Gasteiger partial charge in [-0.1, -0.05) is 43.2 Å². The number of carbonyl (C=O) groups excluding carboxylic acids is 2. The van der Waals surface area contributed by atoms with Crippen molar-refractivity contribution in [1.82, 2.24) is 15.3 Å². The number of carbonyl (C=O) groups is 2. The van der Waals surface area contributed by atoms with E-state index >= 15 is 0 Å². The van der Waals surface area contributed by atoms with Gasteiger partial charge in [-0.25, -0.2) is 9.78 Å². The highest BCUT2D eigenvalue weighted by Gasteiger charge is 2.37. The van der Waals surface area contributed by atoms with E-state index in [1.54, 1.807) is 0 Å². The van der Waals surface area contributed by atoms with Crippen molar-refractivity contribution in [2.75, 3.05) is 17.7 Å². The second-order valence-electron chi connectivity index (χ2n) is 9.40. The Hall–Kier alpha value is -4.35. The van der Waals surface area contributed by atoms with Gasteiger partial charge in [0.1, 0.15) is 23.7 Å². The molecule has 0 radical (unpaired) electrons. The van der Waals surface area contributed by atoms with Crippen LogP contribution in [0.1, 0.15) is 54.1 Å². The summed E-state index contributed by atoms with van der Waals surface area (Å²) in [5, 5.41) is 8.59. The minimum absolute atomic E-state index is 0.0982. The van der Waals surface area contributed by atoms with Crippen LogP contribution in [-0.2, 0) is 22.3 Å². The number of halogens is 3. The van der Waals surface area contributed by atoms with Gasteiger partial charge in [-0.15, -0.1) is 0 Å². The first kappa shape index (κ1) is 28.7. The second kappa shape index (κ2) is 12.7. The largest absolute Gasteiger partial charge is 0.495 e. The maximum Gasteiger partial charge on any atom is 0.421 e. The molecule has 9 nitrogen and oxygen atoms in total. The number of alkyl halides is 3. The quantitative estimate of drug-likeness (QED) is 0.297. The fraction of sp³-hybridized carbons (Fsp3) is 0.357. The molecule has 2 atom stereocenters. The third-order valence-electron chi connectivity index (χ3n) is 6.47. The van der Waals surface area contributed by atoms with Crippen LogP contribution in [0.2, 0.25) is 0 Å². The zero-order valence-corrected chi connectivity index (χ0v) is 22.0. The van der Waals surface area contributed by atoms with E-state index in [0.717, 1.165) is 18.4 Å². The highest BCUT2D eigenvalue weighted by Crippen LogP contribution is 2.36. The standard InChI is InChI=1S/C28H30F3N5O4/c1-17(37)33-21-10-6-7-11-22(21)34-25-20(28(29,30)31)15-32-27(36-25)35-23-13-12-19(14-24(23)39-2)26(38)40-16-18-8-4-3-5-9-18/h3-5,8-9,12-15,21-22H,6-7,10-11,16H2,1-2H3,(H,33,37)(H2,32,34,35,36)/t21-,22-/m1/s1. The fourth-order valence-electron chi connectivity index (χ4n) is 4.52. The van der Waals surface area contributed by atoms with Gasteiger partial charge >= 0.3 is 12.1 Å². The molecular weight excluding hydrogens is 527 g/mol. The minimum Gasteiger partial charge on any atom is -0.495 e. The van der Waals surface area contributed by atoms with Gasteiger partial charge in [0.2, 0.25) is 11.9 Å². The molecule has 212 valence electrons. The molecule has 4 rings (SSSR count). The Kier molecular flexibility index (Phi) is 9.08. The Bertz CT molecular complexity index is 1340. The molecule has 1 amide bonds. The third-order valence-corrected chi connectivity index (χ3v) is 6.47. The van der Waals surface area contributed by atoms with Crippen LogP contribution in [0, 0.1) is 0 Å². The van der Waals surface area contributed by atoms with Crippen molar-refractivity contribution in [3.8, 4) is 5.75 Å². The van der Waals surface area contributed by atoms with E-state index in [2.05, 4.69) is 25.9 Å². The van der Waals surface area contributed by atoms with Gasteiger partial charge in [0, 0.05) is 25.2 Å². The van der Waals surface area contributed by atoms with Crippen molar-refractivity contribution in [1.29, 1.82) is 0 Å². The number of amides is 1. The summed E-state index contributed by atoms with van der Waals surface area (Å²) in [5.41, 5.74) is 0.382. The number of aromatic nitrogens is 2. The molecule has 12 heteroatoms. The van der Waals surface area contributed by atoms with Gasteiger partial charge < -0.3 is 25.4 Å². The third kappa shape index (κ3) is 7.39. The highest BCUT2D eigenvalue weighted by atomic mass is 19.4. The smallest absolute Gasteiger partial charge is 0.421 e. The monoisotopic (exact) mass is 557 g/mol. The van der Waals surface area contributed by atoms with E-state index < -0.39 is 29.6 Å². The summed E-state index contributed by atoms with van der Waals surface area (Å²) in [6, 6.07) is 12.9. The van der Waals surface area contributed by atoms with E-state index in [9.17, 15) is 22.8 Å². The van der Waals surface area contributed by atoms with Gasteiger partial charge in [-0.3, -0.25) is 4.79 Å². The molecule has 1 saturated carbocycles. The lowest BCUT2D eigenvalue weighted by Crippen LogP contribution is -2.48. The number of benzene rings is 2. The molecule has 1 fully saturated rings. The lowest BCUT2D eigenvalue weighted by Gasteiger charge is -2.33. The topological polar surface area (TPSA) is 114 Å². The summed E-state index contributed by atoms with van der Waals surface area (Å²) in [5.74, 6) is -1.08. The van der Waals surface area contributed by atoms with Crippen LogP contribution in [-0.4, -0.2) is 41.0 Å². The molecule has 3 aromatic rings. The molecule has 0 bridgehead atoms. The average molecular weight is 558 g/mol. The molecule has 0 spiro atoms. The average Bonchev–Trinajstić information content (AvgIpc) is 2.93. The Balaban J connectivity index is 1.53. The lowest BCUT2D eigenvalue weighted by atomic mass is 9.90. The van der Waals surface area contributed by atoms with Crippen LogP contribution in [0.15, 0.2) is 54.7 Å². The summed E-state index contributed by atoms with van der Waals surface area (Å²) < 4.78 is 52.2. The second-order valence-corrected chi connectivity index (χ2v) is 9.40. The number of nitrogens with zero attached hydrogens (tertiary/aromatic N) is 2. The van der Waals surface area contributed by atoms with Crippen molar-refractivity contribution in [3.05, 3.63) is 71.4 Å². The summed E-state index contributed by atoms with van der Waals surface area (Å²) >= 11 is 0. The SMILES string of the molecule is COc1cc(C(=O)OCc2ccccc2)ccc1Nc1ncc(C(F)(F)F)c(N[C@@H]2CCCC[C@H]2NC(C)=O)n1. The van der Waals surface area contributed by atoms with Gasteiger partial charge in [-0.2, -0.15) is 18.2 Å². The number of hydrogen-bond donors (Lipinski definition) is 3. The Morgan fingerprint density at radius 1 is 1.05 bits per heavy atom. The summed E-state index contributed by atoms with van der Waals surface area (Å²) in [7, 11) is 1.39. The van der Waals surface area contributed by atoms with Gasteiger partial charge in [0.25, 0.3) is 0 Å². The number of rotatable bonds is 9. The maximum absolute atomic E-state index is 13.8. The first-order valence-corrected chi connectivity index (χ1v) is 12.8. The molecule has 0 saturated heterocycles. The van der Waals surface area contributed by atoms with Crippen LogP contribution >= 0.6 is 0 Å². The molecular formula is C28H30F3N5O4. The Morgan fingerprint density at radius 3 is 2.45 bits per heavy atom. The molecule has 3 N–H and O–H groups in total. The van der Waals surface area contributed by atoms with E-state index in [0.29, 0.717) is 24.7 Å². The van der Waals surface area contributed by atoms with E-state index in [4.69, 9.17) is 9.47 Å². The van der Waals surface area contributed by atoms with Crippen molar-refractivity contribution in [3.63, 3.8) is 0 Å². The fourth-order valence-corrected chi connectivity index (χ4v) is 4.52. The van der Waals surface area contributed by atoms with E-state index in [-0.39, 0.29) is 35.8 Å². The predicted octanol–water partition coefficient (Wildman–Crippen LogP) is 5.46. The van der Waals surface area contributed by atoms with Crippen molar-refractivity contribution in [2.45, 2.75) is 57.5 Å². The van der Waals surface area contributed by atoms with Gasteiger partial charge in [0.15, 0.2) is 0 Å². The molecule has 0 aliphatic heterocycles. The number of ether oxygens (including phenoxy) is 2. The van der Waals surface area contributed by atoms with Gasteiger partial charge in [0.05, 0.1) is 18.4 Å². The minimum atomic E-state index is -4.70. The van der Waals surface area contributed by atoms with Crippen LogP contribution in [0.25, 0.3) is 0 Å². The van der Waals surface area contributed by atoms with Crippen molar-refractivity contribution in [2.24, 2.45) is 0 Å².